The molecular weight excluding hydrogens is 330 g/mol. The fraction of sp³-hybridized carbons (Fsp3) is 0.375. The molecule has 130 valence electrons. The first-order chi connectivity index (χ1) is 11.2. The van der Waals surface area contributed by atoms with Crippen molar-refractivity contribution in [1.29, 1.82) is 0 Å². The maximum absolute atomic E-state index is 12.5. The number of hydrogen-bond acceptors (Lipinski definition) is 5. The minimum atomic E-state index is -3.59. The van der Waals surface area contributed by atoms with Crippen LogP contribution < -0.4 is 5.32 Å². The zero-order valence-corrected chi connectivity index (χ0v) is 15.2. The smallest absolute Gasteiger partial charge is 0.261 e. The number of anilines is 1. The molecule has 2 rings (SSSR count). The highest BCUT2D eigenvalue weighted by molar-refractivity contribution is 7.89. The number of rotatable bonds is 5. The summed E-state index contributed by atoms with van der Waals surface area (Å²) in [6, 6.07) is 4.78. The molecule has 0 aliphatic heterocycles. The van der Waals surface area contributed by atoms with Crippen molar-refractivity contribution in [2.45, 2.75) is 32.1 Å². The summed E-state index contributed by atoms with van der Waals surface area (Å²) >= 11 is 0. The lowest BCUT2D eigenvalue weighted by atomic mass is 10.1. The molecule has 1 heterocycles. The lowest BCUT2D eigenvalue weighted by molar-refractivity contribution is 0.102. The second-order valence-electron chi connectivity index (χ2n) is 5.64. The molecule has 0 bridgehead atoms. The summed E-state index contributed by atoms with van der Waals surface area (Å²) in [5, 5.41) is 6.52. The lowest BCUT2D eigenvalue weighted by Gasteiger charge is -2.15. The molecule has 8 heteroatoms. The number of carbonyl (C=O) groups excluding carboxylic acids is 1. The summed E-state index contributed by atoms with van der Waals surface area (Å²) in [6.07, 6.45) is 0.539. The van der Waals surface area contributed by atoms with Crippen LogP contribution in [-0.4, -0.2) is 37.9 Å². The Bertz CT molecular complexity index is 869. The summed E-state index contributed by atoms with van der Waals surface area (Å²) < 4.78 is 31.0. The van der Waals surface area contributed by atoms with E-state index in [1.807, 2.05) is 6.92 Å². The van der Waals surface area contributed by atoms with Crippen molar-refractivity contribution in [1.82, 2.24) is 9.46 Å². The van der Waals surface area contributed by atoms with Gasteiger partial charge in [0, 0.05) is 26.2 Å². The van der Waals surface area contributed by atoms with E-state index in [-0.39, 0.29) is 10.8 Å². The average molecular weight is 351 g/mol. The first-order valence-corrected chi connectivity index (χ1v) is 8.92. The fourth-order valence-electron chi connectivity index (χ4n) is 2.29. The first kappa shape index (κ1) is 18.2. The Morgan fingerprint density at radius 2 is 1.96 bits per heavy atom. The van der Waals surface area contributed by atoms with Crippen LogP contribution in [0.15, 0.2) is 27.6 Å². The predicted molar refractivity (Wildman–Crippen MR) is 90.6 cm³/mol. The van der Waals surface area contributed by atoms with E-state index in [0.29, 0.717) is 34.7 Å². The molecule has 0 saturated carbocycles. The van der Waals surface area contributed by atoms with Gasteiger partial charge in [-0.3, -0.25) is 4.79 Å². The van der Waals surface area contributed by atoms with Gasteiger partial charge in [0.25, 0.3) is 5.91 Å². The van der Waals surface area contributed by atoms with E-state index in [2.05, 4.69) is 10.5 Å². The highest BCUT2D eigenvalue weighted by Gasteiger charge is 2.22. The summed E-state index contributed by atoms with van der Waals surface area (Å²) in [5.74, 6) is 0.126. The molecule has 0 aliphatic rings. The first-order valence-electron chi connectivity index (χ1n) is 7.48. The molecule has 0 aliphatic carbocycles. The molecule has 24 heavy (non-hydrogen) atoms. The Hall–Kier alpha value is -2.19. The second kappa shape index (κ2) is 6.74. The zero-order chi connectivity index (χ0) is 18.1. The molecule has 0 fully saturated rings. The van der Waals surface area contributed by atoms with Gasteiger partial charge in [-0.25, -0.2) is 12.7 Å². The minimum Gasteiger partial charge on any atom is -0.360 e. The largest absolute Gasteiger partial charge is 0.360 e. The summed E-state index contributed by atoms with van der Waals surface area (Å²) in [7, 11) is -0.657. The molecular formula is C16H21N3O4S. The summed E-state index contributed by atoms with van der Waals surface area (Å²) in [4.78, 5) is 12.6. The number of hydrogen-bond donors (Lipinski definition) is 1. The van der Waals surface area contributed by atoms with E-state index in [1.165, 1.54) is 20.2 Å². The molecule has 0 atom stereocenters. The maximum atomic E-state index is 12.5. The van der Waals surface area contributed by atoms with Crippen LogP contribution in [0.1, 0.15) is 34.3 Å². The van der Waals surface area contributed by atoms with Crippen molar-refractivity contribution in [3.8, 4) is 0 Å². The molecule has 2 aromatic rings. The average Bonchev–Trinajstić information content (AvgIpc) is 2.89. The predicted octanol–water partition coefficient (Wildman–Crippen LogP) is 2.36. The number of aromatic nitrogens is 1. The van der Waals surface area contributed by atoms with Gasteiger partial charge in [0.2, 0.25) is 10.0 Å². The van der Waals surface area contributed by atoms with E-state index >= 15 is 0 Å². The topological polar surface area (TPSA) is 92.5 Å². The van der Waals surface area contributed by atoms with E-state index < -0.39 is 10.0 Å². The van der Waals surface area contributed by atoms with Crippen LogP contribution in [-0.2, 0) is 16.4 Å². The van der Waals surface area contributed by atoms with Crippen LogP contribution in [0, 0.1) is 13.8 Å². The lowest BCUT2D eigenvalue weighted by Crippen LogP contribution is -2.23. The van der Waals surface area contributed by atoms with Crippen molar-refractivity contribution in [2.75, 3.05) is 19.4 Å². The van der Waals surface area contributed by atoms with Gasteiger partial charge in [-0.1, -0.05) is 18.1 Å². The van der Waals surface area contributed by atoms with Crippen LogP contribution >= 0.6 is 0 Å². The van der Waals surface area contributed by atoms with Crippen molar-refractivity contribution >= 4 is 21.6 Å². The van der Waals surface area contributed by atoms with Crippen molar-refractivity contribution in [2.24, 2.45) is 0 Å². The van der Waals surface area contributed by atoms with Crippen LogP contribution in [0.4, 0.5) is 5.69 Å². The van der Waals surface area contributed by atoms with Gasteiger partial charge in [-0.2, -0.15) is 0 Å². The van der Waals surface area contributed by atoms with E-state index in [9.17, 15) is 13.2 Å². The second-order valence-corrected chi connectivity index (χ2v) is 7.76. The van der Waals surface area contributed by atoms with Crippen LogP contribution in [0.2, 0.25) is 0 Å². The van der Waals surface area contributed by atoms with Crippen molar-refractivity contribution < 1.29 is 17.7 Å². The van der Waals surface area contributed by atoms with E-state index in [0.717, 1.165) is 4.31 Å². The normalized spacial score (nSPS) is 11.8. The van der Waals surface area contributed by atoms with Crippen molar-refractivity contribution in [3.05, 3.63) is 40.8 Å². The molecule has 1 N–H and O–H groups in total. The fourth-order valence-corrected chi connectivity index (χ4v) is 3.44. The molecule has 1 aromatic heterocycles. The molecule has 1 amide bonds. The van der Waals surface area contributed by atoms with E-state index in [4.69, 9.17) is 4.52 Å². The summed E-state index contributed by atoms with van der Waals surface area (Å²) in [5.41, 5.74) is 1.89. The van der Waals surface area contributed by atoms with Gasteiger partial charge < -0.3 is 9.84 Å². The number of carbonyl (C=O) groups is 1. The Balaban J connectivity index is 2.38. The number of nitrogens with one attached hydrogen (secondary N) is 1. The van der Waals surface area contributed by atoms with Gasteiger partial charge >= 0.3 is 0 Å². The molecule has 1 aromatic carbocycles. The van der Waals surface area contributed by atoms with Gasteiger partial charge in [-0.15, -0.1) is 0 Å². The molecule has 0 spiro atoms. The minimum absolute atomic E-state index is 0.156. The van der Waals surface area contributed by atoms with Gasteiger partial charge in [0.05, 0.1) is 10.6 Å². The van der Waals surface area contributed by atoms with Gasteiger partial charge in [-0.05, 0) is 31.5 Å². The highest BCUT2D eigenvalue weighted by atomic mass is 32.2. The Morgan fingerprint density at radius 3 is 2.54 bits per heavy atom. The number of nitrogens with zero attached hydrogens (tertiary/aromatic N) is 2. The SMILES string of the molecule is CCc1onc(C)c1C(=O)Nc1ccc(C)c(S(=O)(=O)N(C)C)c1. The van der Waals surface area contributed by atoms with Crippen molar-refractivity contribution in [3.63, 3.8) is 0 Å². The summed E-state index contributed by atoms with van der Waals surface area (Å²) in [6.45, 7) is 5.26. The van der Waals surface area contributed by atoms with Gasteiger partial charge in [0.1, 0.15) is 11.3 Å². The highest BCUT2D eigenvalue weighted by Crippen LogP contribution is 2.23. The standard InChI is InChI=1S/C16H21N3O4S/c1-6-13-15(11(3)18-23-13)16(20)17-12-8-7-10(2)14(9-12)24(21,22)19(4)5/h7-9H,6H2,1-5H3,(H,17,20). The van der Waals surface area contributed by atoms with Crippen LogP contribution in [0.5, 0.6) is 0 Å². The zero-order valence-electron chi connectivity index (χ0n) is 14.4. The van der Waals surface area contributed by atoms with Crippen LogP contribution in [0.25, 0.3) is 0 Å². The third kappa shape index (κ3) is 3.34. The monoisotopic (exact) mass is 351 g/mol. The number of sulfonamides is 1. The Kier molecular flexibility index (Phi) is 5.10. The van der Waals surface area contributed by atoms with Crippen LogP contribution in [0.3, 0.4) is 0 Å². The molecule has 7 nitrogen and oxygen atoms in total. The maximum Gasteiger partial charge on any atom is 0.261 e. The Labute approximate surface area is 141 Å². The molecule has 0 saturated heterocycles. The molecule has 0 unspecified atom stereocenters. The van der Waals surface area contributed by atoms with Gasteiger partial charge in [0.15, 0.2) is 0 Å². The number of aryl methyl sites for hydroxylation is 3. The van der Waals surface area contributed by atoms with E-state index in [1.54, 1.807) is 26.0 Å². The Morgan fingerprint density at radius 1 is 1.29 bits per heavy atom. The number of amides is 1. The number of benzene rings is 1. The quantitative estimate of drug-likeness (QED) is 0.893. The molecule has 0 radical (unpaired) electrons. The third-order valence-electron chi connectivity index (χ3n) is 3.69. The third-order valence-corrected chi connectivity index (χ3v) is 5.64.